The van der Waals surface area contributed by atoms with E-state index in [1.54, 1.807) is 0 Å². The predicted molar refractivity (Wildman–Crippen MR) is 173 cm³/mol. The summed E-state index contributed by atoms with van der Waals surface area (Å²) in [5.41, 5.74) is 1.30. The minimum atomic E-state index is -1.44. The second-order valence-corrected chi connectivity index (χ2v) is 11.8. The summed E-state index contributed by atoms with van der Waals surface area (Å²) >= 11 is 0. The largest absolute Gasteiger partial charge is 3.00 e. The number of benzene rings is 4. The van der Waals surface area contributed by atoms with Crippen LogP contribution in [-0.2, 0) is 0 Å². The molecule has 0 spiro atoms. The van der Waals surface area contributed by atoms with E-state index in [1.165, 1.54) is 72.8 Å². The van der Waals surface area contributed by atoms with Crippen LogP contribution in [0.5, 0.6) is 0 Å². The van der Waals surface area contributed by atoms with Gasteiger partial charge in [-0.15, -0.1) is 0 Å². The third-order valence-corrected chi connectivity index (χ3v) is 8.77. The van der Waals surface area contributed by atoms with Crippen molar-refractivity contribution in [2.24, 2.45) is 0 Å². The van der Waals surface area contributed by atoms with E-state index in [2.05, 4.69) is 19.9 Å². The number of aromatic amines is 2. The van der Waals surface area contributed by atoms with Gasteiger partial charge in [0.1, 0.15) is 22.6 Å². The maximum atomic E-state index is 11.9. The number of hydrogen-bond donors (Lipinski definition) is 2. The zero-order valence-electron chi connectivity index (χ0n) is 26.2. The number of aromatic carboxylic acids is 4. The van der Waals surface area contributed by atoms with E-state index in [4.69, 9.17) is 19.9 Å². The number of nitrogens with zero attached hydrogens (tertiary/aromatic N) is 6. The SMILES string of the molecule is O=C([O-])c1ccc2c(c1)-c1nc-2nc2[nH]c(nc3nc(nc4[nH]c(n1)c1ccc(C(=O)[O-])cc41)-c1ccc(C(=O)[O-])cc1-3)c1ccc(C(=O)[O-])cc21.[Gd+3]. The molecule has 0 saturated heterocycles. The normalized spacial score (nSPS) is 11.5. The van der Waals surface area contributed by atoms with Crippen molar-refractivity contribution >= 4 is 68.0 Å². The smallest absolute Gasteiger partial charge is 0.545 e. The Morgan fingerprint density at radius 3 is 1.04 bits per heavy atom. The van der Waals surface area contributed by atoms with E-state index in [9.17, 15) is 39.6 Å². The fourth-order valence-corrected chi connectivity index (χ4v) is 6.30. The van der Waals surface area contributed by atoms with Crippen LogP contribution in [0, 0.1) is 39.9 Å². The van der Waals surface area contributed by atoms with Gasteiger partial charge in [0.05, 0.1) is 23.9 Å². The van der Waals surface area contributed by atoms with Gasteiger partial charge in [0.2, 0.25) is 0 Å². The van der Waals surface area contributed by atoms with Gasteiger partial charge in [-0.1, -0.05) is 24.3 Å². The van der Waals surface area contributed by atoms with Gasteiger partial charge in [0.25, 0.3) is 0 Å². The summed E-state index contributed by atoms with van der Waals surface area (Å²) in [6.45, 7) is 0. The van der Waals surface area contributed by atoms with Crippen molar-refractivity contribution in [1.29, 1.82) is 0 Å². The molecule has 9 rings (SSSR count). The number of fused-ring (bicyclic) bond motifs is 20. The average Bonchev–Trinajstić information content (AvgIpc) is 3.85. The number of carboxylic acids is 4. The van der Waals surface area contributed by atoms with Crippen LogP contribution >= 0.6 is 0 Å². The maximum Gasteiger partial charge on any atom is 3.00 e. The molecule has 1 radical (unpaired) electrons. The molecule has 2 N–H and O–H groups in total. The first kappa shape index (κ1) is 33.6. The van der Waals surface area contributed by atoms with Gasteiger partial charge in [-0.3, -0.25) is 0 Å². The summed E-state index contributed by atoms with van der Waals surface area (Å²) in [5.74, 6) is -5.53. The second-order valence-electron chi connectivity index (χ2n) is 11.8. The Kier molecular flexibility index (Phi) is 7.79. The summed E-state index contributed by atoms with van der Waals surface area (Å²) in [5, 5.41) is 48.9. The number of carbonyl (C=O) groups is 4. The van der Waals surface area contributed by atoms with Crippen LogP contribution in [0.2, 0.25) is 0 Å². The molecule has 5 heterocycles. The molecule has 17 heteroatoms. The van der Waals surface area contributed by atoms with Crippen molar-refractivity contribution in [2.75, 3.05) is 0 Å². The van der Waals surface area contributed by atoms with Gasteiger partial charge < -0.3 is 49.6 Å². The molecule has 255 valence electrons. The zero-order valence-corrected chi connectivity index (χ0v) is 28.5. The Labute approximate surface area is 326 Å². The number of carboxylic acid groups (broad SMARTS) is 4. The molecule has 2 aliphatic rings. The molecule has 2 aliphatic heterocycles. The Balaban J connectivity index is 0.00000400. The van der Waals surface area contributed by atoms with Crippen LogP contribution in [0.1, 0.15) is 41.4 Å². The van der Waals surface area contributed by atoms with Gasteiger partial charge in [-0.25, -0.2) is 29.9 Å². The molecule has 7 aromatic rings. The van der Waals surface area contributed by atoms with Crippen LogP contribution in [0.25, 0.3) is 89.7 Å². The van der Waals surface area contributed by atoms with Crippen molar-refractivity contribution in [2.45, 2.75) is 0 Å². The minimum absolute atomic E-state index is 0. The zero-order chi connectivity index (χ0) is 36.0. The Morgan fingerprint density at radius 2 is 0.679 bits per heavy atom. The minimum Gasteiger partial charge on any atom is -0.545 e. The van der Waals surface area contributed by atoms with Gasteiger partial charge in [-0.2, -0.15) is 0 Å². The topological polar surface area (TPSA) is 269 Å². The van der Waals surface area contributed by atoms with Crippen LogP contribution in [-0.4, -0.2) is 63.7 Å². The van der Waals surface area contributed by atoms with Crippen molar-refractivity contribution in [1.82, 2.24) is 39.9 Å². The molecule has 53 heavy (non-hydrogen) atoms. The first-order valence-corrected chi connectivity index (χ1v) is 15.3. The first-order valence-electron chi connectivity index (χ1n) is 15.3. The van der Waals surface area contributed by atoms with Crippen LogP contribution in [0.4, 0.5) is 0 Å². The van der Waals surface area contributed by atoms with E-state index in [0.717, 1.165) is 0 Å². The van der Waals surface area contributed by atoms with E-state index < -0.39 is 23.9 Å². The molecule has 4 aromatic carbocycles. The van der Waals surface area contributed by atoms with Crippen molar-refractivity contribution in [3.8, 4) is 45.6 Å². The van der Waals surface area contributed by atoms with E-state index in [-0.39, 0.29) is 119 Å². The van der Waals surface area contributed by atoms with Gasteiger partial charge in [-0.05, 0) is 70.8 Å². The molecule has 0 fully saturated rings. The van der Waals surface area contributed by atoms with E-state index >= 15 is 0 Å². The van der Waals surface area contributed by atoms with E-state index in [0.29, 0.717) is 32.7 Å². The van der Waals surface area contributed by atoms with Gasteiger partial charge >= 0.3 is 39.9 Å². The number of rotatable bonds is 4. The van der Waals surface area contributed by atoms with E-state index in [1.807, 2.05) is 0 Å². The first-order chi connectivity index (χ1) is 25.0. The standard InChI is InChI=1S/C36H18N8O8.Gd/c45-33(46)13-1-5-17-21(9-13)29-37-25(17)41-30-22-10-14(34(47)48)2-6-18(22)27(38-30)43-32-24-12-16(36(51)52)4-8-20(24)28(40-32)44-31-23-11-15(35(49)50)3-7-19(23)26(39-31)42-29;/h1-12H,(H,45,46)(H,47,48)(H,49,50)(H,51,52)(H2,37,38,39,40,41,42,43,44);/q;+3/p-4. The van der Waals surface area contributed by atoms with Crippen LogP contribution < -0.4 is 20.4 Å². The molecule has 0 unspecified atom stereocenters. The molecular weight excluding hydrogens is 830 g/mol. The average molecular weight is 844 g/mol. The summed E-state index contributed by atoms with van der Waals surface area (Å²) in [7, 11) is 0. The number of H-pyrrole nitrogens is 2. The summed E-state index contributed by atoms with van der Waals surface area (Å²) < 4.78 is 0. The summed E-state index contributed by atoms with van der Waals surface area (Å²) in [6, 6.07) is 16.6. The molecule has 16 nitrogen and oxygen atoms in total. The van der Waals surface area contributed by atoms with Crippen molar-refractivity contribution in [3.63, 3.8) is 0 Å². The third-order valence-electron chi connectivity index (χ3n) is 8.77. The molecule has 0 aliphatic carbocycles. The third kappa shape index (κ3) is 5.45. The molecule has 3 aromatic heterocycles. The Hall–Kier alpha value is -6.56. The Morgan fingerprint density at radius 1 is 0.377 bits per heavy atom. The molecular formula is C36H14GdN8O8-. The molecule has 0 saturated carbocycles. The molecule has 0 amide bonds. The fraction of sp³-hybridized carbons (Fsp3) is 0. The second kappa shape index (κ2) is 12.3. The quantitative estimate of drug-likeness (QED) is 0.242. The predicted octanol–water partition coefficient (Wildman–Crippen LogP) is 0.323. The molecule has 0 atom stereocenters. The van der Waals surface area contributed by atoms with Crippen molar-refractivity contribution in [3.05, 3.63) is 95.1 Å². The van der Waals surface area contributed by atoms with Crippen LogP contribution in [0.15, 0.2) is 72.8 Å². The van der Waals surface area contributed by atoms with Gasteiger partial charge in [0, 0.05) is 43.8 Å². The summed E-state index contributed by atoms with van der Waals surface area (Å²) in [4.78, 5) is 81.8. The fourth-order valence-electron chi connectivity index (χ4n) is 6.30. The maximum absolute atomic E-state index is 11.9. The number of carbonyl (C=O) groups excluding carboxylic acids is 4. The number of hydrogen-bond acceptors (Lipinski definition) is 14. The number of aromatic nitrogens is 8. The van der Waals surface area contributed by atoms with Gasteiger partial charge in [0.15, 0.2) is 23.3 Å². The Bertz CT molecular complexity index is 2810. The molecule has 8 bridgehead atoms. The van der Waals surface area contributed by atoms with Crippen LogP contribution in [0.3, 0.4) is 0 Å². The monoisotopic (exact) mass is 844 g/mol. The summed E-state index contributed by atoms with van der Waals surface area (Å²) in [6.07, 6.45) is 0. The van der Waals surface area contributed by atoms with Crippen molar-refractivity contribution < 1.29 is 79.5 Å². The number of nitrogens with one attached hydrogen (secondary N) is 2.